The normalized spacial score (nSPS) is 10.6. The monoisotopic (exact) mass is 416 g/mol. The van der Waals surface area contributed by atoms with E-state index in [-0.39, 0.29) is 19.1 Å². The van der Waals surface area contributed by atoms with E-state index in [2.05, 4.69) is 25.8 Å². The Kier molecular flexibility index (Phi) is 6.50. The third-order valence-corrected chi connectivity index (χ3v) is 4.92. The Balaban J connectivity index is 1.60. The lowest BCUT2D eigenvalue weighted by Crippen LogP contribution is -2.11. The molecule has 0 fully saturated rings. The van der Waals surface area contributed by atoms with Gasteiger partial charge in [0, 0.05) is 12.1 Å². The molecule has 0 spiro atoms. The van der Waals surface area contributed by atoms with Gasteiger partial charge in [-0.3, -0.25) is 10.1 Å². The minimum absolute atomic E-state index is 0.224. The number of aromatic nitrogens is 5. The fourth-order valence-corrected chi connectivity index (χ4v) is 3.28. The van der Waals surface area contributed by atoms with Crippen molar-refractivity contribution in [2.75, 3.05) is 11.9 Å². The molecule has 0 unspecified atom stereocenters. The second-order valence-electron chi connectivity index (χ2n) is 5.83. The Bertz CT molecular complexity index is 998. The Labute approximate surface area is 170 Å². The molecule has 0 aliphatic carbocycles. The van der Waals surface area contributed by atoms with Crippen molar-refractivity contribution in [3.63, 3.8) is 0 Å². The first kappa shape index (κ1) is 20.4. The lowest BCUT2D eigenvalue weighted by molar-refractivity contribution is 0.0531. The van der Waals surface area contributed by atoms with Crippen LogP contribution in [0.3, 0.4) is 0 Å². The minimum atomic E-state index is -0.446. The zero-order chi connectivity index (χ0) is 20.8. The predicted octanol–water partition coefficient (Wildman–Crippen LogP) is 2.47. The number of aryl methyl sites for hydroxylation is 2. The molecule has 0 bridgehead atoms. The van der Waals surface area contributed by atoms with Crippen LogP contribution in [0.2, 0.25) is 0 Å². The third-order valence-electron chi connectivity index (χ3n) is 3.87. The van der Waals surface area contributed by atoms with Gasteiger partial charge in [-0.15, -0.1) is 5.10 Å². The average molecular weight is 416 g/mol. The van der Waals surface area contributed by atoms with Crippen molar-refractivity contribution < 1.29 is 19.1 Å². The molecule has 0 saturated carbocycles. The van der Waals surface area contributed by atoms with Crippen molar-refractivity contribution in [2.24, 2.45) is 0 Å². The summed E-state index contributed by atoms with van der Waals surface area (Å²) in [5.74, 6) is 0.419. The zero-order valence-corrected chi connectivity index (χ0v) is 17.0. The van der Waals surface area contributed by atoms with Crippen molar-refractivity contribution >= 4 is 28.3 Å². The lowest BCUT2D eigenvalue weighted by atomic mass is 10.2. The van der Waals surface area contributed by atoms with Crippen LogP contribution in [0.15, 0.2) is 24.3 Å². The van der Waals surface area contributed by atoms with Gasteiger partial charge in [-0.25, -0.2) is 14.5 Å². The van der Waals surface area contributed by atoms with Gasteiger partial charge in [0.25, 0.3) is 5.91 Å². The fourth-order valence-electron chi connectivity index (χ4n) is 2.43. The summed E-state index contributed by atoms with van der Waals surface area (Å²) in [5, 5.41) is 14.4. The zero-order valence-electron chi connectivity index (χ0n) is 16.2. The van der Waals surface area contributed by atoms with Crippen LogP contribution in [-0.4, -0.2) is 43.7 Å². The third kappa shape index (κ3) is 4.93. The van der Waals surface area contributed by atoms with E-state index in [9.17, 15) is 9.59 Å². The number of rotatable bonds is 8. The maximum Gasteiger partial charge on any atom is 0.350 e. The molecule has 1 aromatic carbocycles. The average Bonchev–Trinajstić information content (AvgIpc) is 3.32. The molecule has 10 nitrogen and oxygen atoms in total. The second-order valence-corrected chi connectivity index (χ2v) is 6.83. The molecule has 3 rings (SSSR count). The molecule has 0 radical (unpaired) electrons. The van der Waals surface area contributed by atoms with Gasteiger partial charge in [-0.2, -0.15) is 0 Å². The van der Waals surface area contributed by atoms with Crippen LogP contribution in [0.25, 0.3) is 0 Å². The Hall–Kier alpha value is -3.34. The van der Waals surface area contributed by atoms with Crippen molar-refractivity contribution in [2.45, 2.75) is 33.9 Å². The quantitative estimate of drug-likeness (QED) is 0.556. The van der Waals surface area contributed by atoms with Crippen LogP contribution in [0, 0.1) is 6.92 Å². The number of esters is 1. The largest absolute Gasteiger partial charge is 0.486 e. The van der Waals surface area contributed by atoms with Gasteiger partial charge in [-0.1, -0.05) is 11.3 Å². The molecule has 152 valence electrons. The number of nitrogens with one attached hydrogen (secondary N) is 1. The van der Waals surface area contributed by atoms with E-state index < -0.39 is 5.97 Å². The van der Waals surface area contributed by atoms with Crippen molar-refractivity contribution in [3.05, 3.63) is 46.2 Å². The SMILES string of the molecule is CCOC(=O)c1sc(NC(=O)c2ccc(OCc3nnnn3CC)cc2)nc1C. The van der Waals surface area contributed by atoms with Crippen LogP contribution >= 0.6 is 11.3 Å². The molecule has 11 heteroatoms. The molecule has 0 aliphatic rings. The number of anilines is 1. The van der Waals surface area contributed by atoms with Gasteiger partial charge in [-0.05, 0) is 55.5 Å². The molecule has 2 heterocycles. The first-order valence-electron chi connectivity index (χ1n) is 8.95. The topological polar surface area (TPSA) is 121 Å². The molecule has 2 aromatic heterocycles. The van der Waals surface area contributed by atoms with Crippen molar-refractivity contribution in [1.29, 1.82) is 0 Å². The second kappa shape index (κ2) is 9.24. The molecule has 0 saturated heterocycles. The minimum Gasteiger partial charge on any atom is -0.486 e. The van der Waals surface area contributed by atoms with Gasteiger partial charge in [0.1, 0.15) is 17.2 Å². The maximum absolute atomic E-state index is 12.4. The van der Waals surface area contributed by atoms with Gasteiger partial charge < -0.3 is 9.47 Å². The van der Waals surface area contributed by atoms with E-state index >= 15 is 0 Å². The molecular weight excluding hydrogens is 396 g/mol. The van der Waals surface area contributed by atoms with Crippen LogP contribution in [0.1, 0.15) is 45.4 Å². The molecular formula is C18H20N6O4S. The summed E-state index contributed by atoms with van der Waals surface area (Å²) in [4.78, 5) is 28.9. The van der Waals surface area contributed by atoms with E-state index in [1.165, 1.54) is 0 Å². The van der Waals surface area contributed by atoms with Gasteiger partial charge in [0.05, 0.1) is 12.3 Å². The molecule has 3 aromatic rings. The summed E-state index contributed by atoms with van der Waals surface area (Å²) in [6, 6.07) is 6.65. The number of nitrogens with zero attached hydrogens (tertiary/aromatic N) is 5. The Morgan fingerprint density at radius 3 is 2.66 bits per heavy atom. The van der Waals surface area contributed by atoms with E-state index in [1.807, 2.05) is 6.92 Å². The summed E-state index contributed by atoms with van der Waals surface area (Å²) in [7, 11) is 0. The summed E-state index contributed by atoms with van der Waals surface area (Å²) in [6.07, 6.45) is 0. The van der Waals surface area contributed by atoms with E-state index in [4.69, 9.17) is 9.47 Å². The first-order chi connectivity index (χ1) is 14.0. The number of ether oxygens (including phenoxy) is 2. The maximum atomic E-state index is 12.4. The number of amides is 1. The molecule has 29 heavy (non-hydrogen) atoms. The van der Waals surface area contributed by atoms with Gasteiger partial charge >= 0.3 is 5.97 Å². The molecule has 1 N–H and O–H groups in total. The standard InChI is InChI=1S/C18H20N6O4S/c1-4-24-14(21-22-23-24)10-28-13-8-6-12(7-9-13)16(25)20-18-19-11(3)15(29-18)17(26)27-5-2/h6-9H,4-5,10H2,1-3H3,(H,19,20,25). The van der Waals surface area contributed by atoms with E-state index in [0.29, 0.717) is 39.4 Å². The summed E-state index contributed by atoms with van der Waals surface area (Å²) in [6.45, 7) is 6.52. The fraction of sp³-hybridized carbons (Fsp3) is 0.333. The number of carbonyl (C=O) groups is 2. The first-order valence-corrected chi connectivity index (χ1v) is 9.77. The highest BCUT2D eigenvalue weighted by Crippen LogP contribution is 2.24. The van der Waals surface area contributed by atoms with Gasteiger partial charge in [0.2, 0.25) is 0 Å². The summed E-state index contributed by atoms with van der Waals surface area (Å²) in [5.41, 5.74) is 0.947. The Morgan fingerprint density at radius 1 is 1.21 bits per heavy atom. The highest BCUT2D eigenvalue weighted by molar-refractivity contribution is 7.17. The number of tetrazole rings is 1. The number of benzene rings is 1. The van der Waals surface area contributed by atoms with Crippen molar-refractivity contribution in [3.8, 4) is 5.75 Å². The van der Waals surface area contributed by atoms with E-state index in [1.54, 1.807) is 42.8 Å². The number of thiazole rings is 1. The van der Waals surface area contributed by atoms with Crippen molar-refractivity contribution in [1.82, 2.24) is 25.2 Å². The highest BCUT2D eigenvalue weighted by atomic mass is 32.1. The van der Waals surface area contributed by atoms with Crippen LogP contribution in [0.4, 0.5) is 5.13 Å². The smallest absolute Gasteiger partial charge is 0.350 e. The van der Waals surface area contributed by atoms with Crippen LogP contribution in [0.5, 0.6) is 5.75 Å². The molecule has 1 amide bonds. The molecule has 0 atom stereocenters. The number of carbonyl (C=O) groups excluding carboxylic acids is 2. The van der Waals surface area contributed by atoms with E-state index in [0.717, 1.165) is 11.3 Å². The highest BCUT2D eigenvalue weighted by Gasteiger charge is 2.18. The predicted molar refractivity (Wildman–Crippen MR) is 105 cm³/mol. The summed E-state index contributed by atoms with van der Waals surface area (Å²) >= 11 is 1.08. The summed E-state index contributed by atoms with van der Waals surface area (Å²) < 4.78 is 12.3. The molecule has 0 aliphatic heterocycles. The van der Waals surface area contributed by atoms with Crippen LogP contribution in [-0.2, 0) is 17.9 Å². The van der Waals surface area contributed by atoms with Crippen LogP contribution < -0.4 is 10.1 Å². The lowest BCUT2D eigenvalue weighted by Gasteiger charge is -2.07. The Morgan fingerprint density at radius 2 is 1.97 bits per heavy atom. The van der Waals surface area contributed by atoms with Gasteiger partial charge in [0.15, 0.2) is 11.0 Å². The number of hydrogen-bond donors (Lipinski definition) is 1. The number of hydrogen-bond acceptors (Lipinski definition) is 9.